The van der Waals surface area contributed by atoms with Crippen molar-refractivity contribution >= 4 is 20.0 Å². The van der Waals surface area contributed by atoms with Crippen LogP contribution in [0.1, 0.15) is 5.69 Å². The minimum atomic E-state index is -3.98. The fraction of sp³-hybridized carbons (Fsp3) is 0.250. The van der Waals surface area contributed by atoms with E-state index in [0.29, 0.717) is 0 Å². The predicted octanol–water partition coefficient (Wildman–Crippen LogP) is -1.48. The molecule has 0 aliphatic heterocycles. The van der Waals surface area contributed by atoms with Gasteiger partial charge in [-0.2, -0.15) is 5.26 Å². The number of aromatic nitrogens is 1. The molecule has 0 aromatic carbocycles. The zero-order valence-electron chi connectivity index (χ0n) is 9.07. The SMILES string of the molecule is N#Cc1ncccc1S(=O)(=O)NCCS(N)(=O)=O. The van der Waals surface area contributed by atoms with E-state index in [1.54, 1.807) is 6.07 Å². The highest BCUT2D eigenvalue weighted by Crippen LogP contribution is 2.11. The van der Waals surface area contributed by atoms with Gasteiger partial charge in [-0.05, 0) is 12.1 Å². The van der Waals surface area contributed by atoms with Crippen molar-refractivity contribution in [1.29, 1.82) is 5.26 Å². The zero-order chi connectivity index (χ0) is 13.8. The van der Waals surface area contributed by atoms with Crippen molar-refractivity contribution in [2.75, 3.05) is 12.3 Å². The van der Waals surface area contributed by atoms with Crippen LogP contribution in [-0.2, 0) is 20.0 Å². The maximum atomic E-state index is 11.8. The number of primary sulfonamides is 1. The van der Waals surface area contributed by atoms with Gasteiger partial charge in [-0.25, -0.2) is 31.7 Å². The molecule has 0 amide bonds. The third kappa shape index (κ3) is 4.04. The molecule has 0 radical (unpaired) electrons. The molecule has 0 aliphatic carbocycles. The number of nitrogens with two attached hydrogens (primary N) is 1. The minimum absolute atomic E-state index is 0.263. The first-order chi connectivity index (χ1) is 8.26. The first-order valence-electron chi connectivity index (χ1n) is 4.61. The fourth-order valence-electron chi connectivity index (χ4n) is 1.09. The Kier molecular flexibility index (Phi) is 4.36. The van der Waals surface area contributed by atoms with Crippen molar-refractivity contribution in [2.24, 2.45) is 5.14 Å². The van der Waals surface area contributed by atoms with Gasteiger partial charge in [-0.1, -0.05) is 0 Å². The van der Waals surface area contributed by atoms with E-state index in [2.05, 4.69) is 4.98 Å². The van der Waals surface area contributed by atoms with Crippen molar-refractivity contribution in [3.8, 4) is 6.07 Å². The average molecular weight is 290 g/mol. The van der Waals surface area contributed by atoms with Crippen molar-refractivity contribution in [3.63, 3.8) is 0 Å². The molecule has 0 spiro atoms. The summed E-state index contributed by atoms with van der Waals surface area (Å²) in [7, 11) is -7.73. The molecule has 8 nitrogen and oxygen atoms in total. The van der Waals surface area contributed by atoms with Crippen LogP contribution in [0.25, 0.3) is 0 Å². The molecule has 0 bridgehead atoms. The fourth-order valence-corrected chi connectivity index (χ4v) is 2.74. The second kappa shape index (κ2) is 5.40. The summed E-state index contributed by atoms with van der Waals surface area (Å²) in [6.07, 6.45) is 1.28. The molecule has 1 rings (SSSR count). The van der Waals surface area contributed by atoms with Gasteiger partial charge in [0.15, 0.2) is 5.69 Å². The largest absolute Gasteiger partial charge is 0.244 e. The van der Waals surface area contributed by atoms with E-state index in [9.17, 15) is 16.8 Å². The zero-order valence-corrected chi connectivity index (χ0v) is 10.7. The third-order valence-electron chi connectivity index (χ3n) is 1.84. The summed E-state index contributed by atoms with van der Waals surface area (Å²) in [6.45, 7) is -0.374. The van der Waals surface area contributed by atoms with Crippen LogP contribution in [-0.4, -0.2) is 34.1 Å². The summed E-state index contributed by atoms with van der Waals surface area (Å²) in [5.74, 6) is -0.533. The summed E-state index contributed by atoms with van der Waals surface area (Å²) >= 11 is 0. The van der Waals surface area contributed by atoms with Gasteiger partial charge < -0.3 is 0 Å². The van der Waals surface area contributed by atoms with Gasteiger partial charge in [-0.3, -0.25) is 0 Å². The van der Waals surface area contributed by atoms with Gasteiger partial charge in [0, 0.05) is 12.7 Å². The van der Waals surface area contributed by atoms with Crippen molar-refractivity contribution in [1.82, 2.24) is 9.71 Å². The number of nitrogens with one attached hydrogen (secondary N) is 1. The maximum absolute atomic E-state index is 11.8. The first-order valence-corrected chi connectivity index (χ1v) is 7.81. The molecule has 0 aliphatic rings. The van der Waals surface area contributed by atoms with Crippen LogP contribution in [0.5, 0.6) is 0 Å². The second-order valence-corrected chi connectivity index (χ2v) is 6.70. The van der Waals surface area contributed by atoms with Crippen LogP contribution >= 0.6 is 0 Å². The van der Waals surface area contributed by atoms with E-state index >= 15 is 0 Å². The van der Waals surface area contributed by atoms with Crippen molar-refractivity contribution in [2.45, 2.75) is 4.90 Å². The summed E-state index contributed by atoms with van der Waals surface area (Å²) in [5, 5.41) is 13.4. The normalized spacial score (nSPS) is 12.0. The Morgan fingerprint density at radius 2 is 2.06 bits per heavy atom. The Morgan fingerprint density at radius 1 is 1.39 bits per heavy atom. The third-order valence-corrected chi connectivity index (χ3v) is 4.11. The Labute approximate surface area is 105 Å². The van der Waals surface area contributed by atoms with Crippen LogP contribution in [0.2, 0.25) is 0 Å². The van der Waals surface area contributed by atoms with E-state index in [0.717, 1.165) is 0 Å². The summed E-state index contributed by atoms with van der Waals surface area (Å²) < 4.78 is 46.9. The second-order valence-electron chi connectivity index (χ2n) is 3.23. The molecule has 1 aromatic rings. The Balaban J connectivity index is 2.91. The molecule has 1 heterocycles. The van der Waals surface area contributed by atoms with E-state index in [-0.39, 0.29) is 17.1 Å². The Bertz CT molecular complexity index is 675. The lowest BCUT2D eigenvalue weighted by atomic mass is 10.4. The highest BCUT2D eigenvalue weighted by molar-refractivity contribution is 7.90. The quantitative estimate of drug-likeness (QED) is 0.677. The molecule has 18 heavy (non-hydrogen) atoms. The maximum Gasteiger partial charge on any atom is 0.243 e. The molecule has 98 valence electrons. The van der Waals surface area contributed by atoms with Gasteiger partial charge >= 0.3 is 0 Å². The number of hydrogen-bond donors (Lipinski definition) is 2. The number of hydrogen-bond acceptors (Lipinski definition) is 6. The van der Waals surface area contributed by atoms with Gasteiger partial charge in [0.25, 0.3) is 0 Å². The van der Waals surface area contributed by atoms with Crippen LogP contribution in [0, 0.1) is 11.3 Å². The van der Waals surface area contributed by atoms with Crippen molar-refractivity contribution in [3.05, 3.63) is 24.0 Å². The smallest absolute Gasteiger partial charge is 0.243 e. The molecule has 0 fully saturated rings. The number of rotatable bonds is 5. The molecular weight excluding hydrogens is 280 g/mol. The number of nitriles is 1. The highest BCUT2D eigenvalue weighted by atomic mass is 32.2. The Hall–Kier alpha value is -1.54. The van der Waals surface area contributed by atoms with Crippen molar-refractivity contribution < 1.29 is 16.8 Å². The van der Waals surface area contributed by atoms with Crippen LogP contribution in [0.3, 0.4) is 0 Å². The first kappa shape index (κ1) is 14.5. The molecule has 1 aromatic heterocycles. The number of sulfonamides is 2. The number of nitrogens with zero attached hydrogens (tertiary/aromatic N) is 2. The highest BCUT2D eigenvalue weighted by Gasteiger charge is 2.19. The van der Waals surface area contributed by atoms with E-state index in [1.807, 2.05) is 4.72 Å². The number of pyridine rings is 1. The van der Waals surface area contributed by atoms with E-state index in [1.165, 1.54) is 18.3 Å². The van der Waals surface area contributed by atoms with E-state index in [4.69, 9.17) is 10.4 Å². The van der Waals surface area contributed by atoms with Gasteiger partial charge in [0.1, 0.15) is 11.0 Å². The molecule has 0 saturated heterocycles. The van der Waals surface area contributed by atoms with Gasteiger partial charge in [0.05, 0.1) is 5.75 Å². The van der Waals surface area contributed by atoms with E-state index < -0.39 is 25.8 Å². The molecule has 10 heteroatoms. The lowest BCUT2D eigenvalue weighted by Crippen LogP contribution is -2.32. The van der Waals surface area contributed by atoms with Crippen LogP contribution in [0.4, 0.5) is 0 Å². The molecular formula is C8H10N4O4S2. The monoisotopic (exact) mass is 290 g/mol. The average Bonchev–Trinajstić information content (AvgIpc) is 2.27. The minimum Gasteiger partial charge on any atom is -0.244 e. The van der Waals surface area contributed by atoms with Crippen LogP contribution in [0.15, 0.2) is 23.2 Å². The molecule has 0 unspecified atom stereocenters. The Morgan fingerprint density at radius 3 is 2.61 bits per heavy atom. The molecule has 3 N–H and O–H groups in total. The van der Waals surface area contributed by atoms with Crippen LogP contribution < -0.4 is 9.86 Å². The molecule has 0 saturated carbocycles. The topological polar surface area (TPSA) is 143 Å². The summed E-state index contributed by atoms with van der Waals surface area (Å²) in [5.41, 5.74) is -0.263. The summed E-state index contributed by atoms with van der Waals surface area (Å²) in [4.78, 5) is 3.29. The van der Waals surface area contributed by atoms with Gasteiger partial charge in [0.2, 0.25) is 20.0 Å². The predicted molar refractivity (Wildman–Crippen MR) is 62.1 cm³/mol. The lowest BCUT2D eigenvalue weighted by Gasteiger charge is -2.06. The van der Waals surface area contributed by atoms with Gasteiger partial charge in [-0.15, -0.1) is 0 Å². The molecule has 0 atom stereocenters. The lowest BCUT2D eigenvalue weighted by molar-refractivity contribution is 0.580. The summed E-state index contributed by atoms with van der Waals surface area (Å²) in [6, 6.07) is 4.19. The standard InChI is InChI=1S/C8H10N4O4S2/c9-6-7-8(2-1-3-11-7)18(15,16)12-4-5-17(10,13)14/h1-3,12H,4-5H2,(H2,10,13,14).